The van der Waals surface area contributed by atoms with Crippen molar-refractivity contribution < 1.29 is 22.7 Å². The summed E-state index contributed by atoms with van der Waals surface area (Å²) < 4.78 is 42.4. The molecule has 156 valence electrons. The van der Waals surface area contributed by atoms with E-state index in [1.54, 1.807) is 36.4 Å². The van der Waals surface area contributed by atoms with Crippen molar-refractivity contribution in [1.29, 1.82) is 0 Å². The van der Waals surface area contributed by atoms with Crippen molar-refractivity contribution in [3.05, 3.63) is 66.6 Å². The second-order valence-corrected chi connectivity index (χ2v) is 6.08. The topological polar surface area (TPSA) is 119 Å². The minimum Gasteiger partial charge on any atom is -0.405 e. The Morgan fingerprint density at radius 1 is 1.03 bits per heavy atom. The van der Waals surface area contributed by atoms with Gasteiger partial charge in [0.15, 0.2) is 0 Å². The van der Waals surface area contributed by atoms with Crippen molar-refractivity contribution >= 4 is 11.9 Å². The summed E-state index contributed by atoms with van der Waals surface area (Å²) in [4.78, 5) is 20.4. The lowest BCUT2D eigenvalue weighted by Gasteiger charge is -2.14. The highest BCUT2D eigenvalue weighted by Gasteiger charge is 2.32. The minimum absolute atomic E-state index is 0.0396. The molecular formula is C19H12F3N7O2. The fourth-order valence-electron chi connectivity index (χ4n) is 2.77. The lowest BCUT2D eigenvalue weighted by Crippen LogP contribution is -2.17. The molecule has 0 unspecified atom stereocenters. The molecule has 0 atom stereocenters. The summed E-state index contributed by atoms with van der Waals surface area (Å²) in [5.74, 6) is -1.16. The molecule has 1 amide bonds. The molecule has 2 heterocycles. The Balaban J connectivity index is 1.65. The standard InChI is InChI=1S/C19H12F3N7O2/c20-19(21,22)31-15-7-2-1-6-13(15)11-4-3-5-12(10-11)14-8-9-23-16(24-14)17(30)25-18-26-28-29-27-18/h1-10H,(H2,25,26,27,28,29,30). The quantitative estimate of drug-likeness (QED) is 0.501. The third-order valence-electron chi connectivity index (χ3n) is 4.01. The molecule has 12 heteroatoms. The SMILES string of the molecule is O=C(Nc1nn[nH]n1)c1nccc(-c2cccc(-c3ccccc3OC(F)(F)F)c2)n1. The number of amides is 1. The summed E-state index contributed by atoms with van der Waals surface area (Å²) in [6, 6.07) is 14.0. The van der Waals surface area contributed by atoms with Gasteiger partial charge in [-0.05, 0) is 29.0 Å². The van der Waals surface area contributed by atoms with Crippen LogP contribution >= 0.6 is 0 Å². The van der Waals surface area contributed by atoms with Crippen molar-refractivity contribution in [3.63, 3.8) is 0 Å². The number of carbonyl (C=O) groups is 1. The number of rotatable bonds is 5. The van der Waals surface area contributed by atoms with E-state index >= 15 is 0 Å². The number of hydrogen-bond donors (Lipinski definition) is 2. The minimum atomic E-state index is -4.82. The third kappa shape index (κ3) is 4.80. The Bertz CT molecular complexity index is 1210. The number of nitrogens with zero attached hydrogens (tertiary/aromatic N) is 5. The number of nitrogens with one attached hydrogen (secondary N) is 2. The lowest BCUT2D eigenvalue weighted by molar-refractivity contribution is -0.274. The van der Waals surface area contributed by atoms with Crippen LogP contribution in [0, 0.1) is 0 Å². The van der Waals surface area contributed by atoms with Crippen LogP contribution in [0.5, 0.6) is 5.75 Å². The number of carbonyl (C=O) groups excluding carboxylic acids is 1. The molecule has 4 rings (SSSR count). The molecular weight excluding hydrogens is 415 g/mol. The van der Waals surface area contributed by atoms with Crippen LogP contribution in [0.25, 0.3) is 22.4 Å². The van der Waals surface area contributed by atoms with Gasteiger partial charge in [-0.25, -0.2) is 9.97 Å². The number of aromatic nitrogens is 6. The molecule has 0 saturated heterocycles. The summed E-state index contributed by atoms with van der Waals surface area (Å²) in [5.41, 5.74) is 1.69. The Hall–Kier alpha value is -4.35. The average Bonchev–Trinajstić information content (AvgIpc) is 3.26. The second-order valence-electron chi connectivity index (χ2n) is 6.08. The highest BCUT2D eigenvalue weighted by molar-refractivity contribution is 6.00. The largest absolute Gasteiger partial charge is 0.573 e. The predicted molar refractivity (Wildman–Crippen MR) is 102 cm³/mol. The van der Waals surface area contributed by atoms with E-state index in [9.17, 15) is 18.0 Å². The van der Waals surface area contributed by atoms with E-state index in [4.69, 9.17) is 0 Å². The molecule has 2 aromatic heterocycles. The van der Waals surface area contributed by atoms with E-state index in [0.29, 0.717) is 16.8 Å². The van der Waals surface area contributed by atoms with Gasteiger partial charge in [-0.1, -0.05) is 41.5 Å². The number of tetrazole rings is 1. The summed E-state index contributed by atoms with van der Waals surface area (Å²) in [6.07, 6.45) is -3.43. The molecule has 2 aromatic carbocycles. The predicted octanol–water partition coefficient (Wildman–Crippen LogP) is 3.47. The molecule has 0 aliphatic heterocycles. The number of aromatic amines is 1. The van der Waals surface area contributed by atoms with Crippen molar-refractivity contribution in [2.24, 2.45) is 0 Å². The second kappa shape index (κ2) is 8.18. The highest BCUT2D eigenvalue weighted by atomic mass is 19.4. The lowest BCUT2D eigenvalue weighted by atomic mass is 10.0. The number of halogens is 3. The van der Waals surface area contributed by atoms with Crippen molar-refractivity contribution in [3.8, 4) is 28.1 Å². The summed E-state index contributed by atoms with van der Waals surface area (Å²) in [5, 5.41) is 15.1. The molecule has 31 heavy (non-hydrogen) atoms. The van der Waals surface area contributed by atoms with Crippen molar-refractivity contribution in [1.82, 2.24) is 30.6 Å². The van der Waals surface area contributed by atoms with E-state index in [0.717, 1.165) is 0 Å². The number of H-pyrrole nitrogens is 1. The first-order chi connectivity index (χ1) is 14.9. The number of benzene rings is 2. The van der Waals surface area contributed by atoms with Crippen LogP contribution < -0.4 is 10.1 Å². The number of anilines is 1. The molecule has 0 radical (unpaired) electrons. The summed E-state index contributed by atoms with van der Waals surface area (Å²) in [7, 11) is 0. The molecule has 0 aliphatic carbocycles. The number of alkyl halides is 3. The van der Waals surface area contributed by atoms with Gasteiger partial charge in [-0.15, -0.1) is 18.3 Å². The van der Waals surface area contributed by atoms with E-state index < -0.39 is 12.3 Å². The van der Waals surface area contributed by atoms with Gasteiger partial charge < -0.3 is 4.74 Å². The fraction of sp³-hybridized carbons (Fsp3) is 0.0526. The third-order valence-corrected chi connectivity index (χ3v) is 4.01. The first-order valence-corrected chi connectivity index (χ1v) is 8.72. The summed E-state index contributed by atoms with van der Waals surface area (Å²) in [6.45, 7) is 0. The Morgan fingerprint density at radius 2 is 1.84 bits per heavy atom. The molecule has 0 saturated carbocycles. The van der Waals surface area contributed by atoms with Crippen molar-refractivity contribution in [2.45, 2.75) is 6.36 Å². The smallest absolute Gasteiger partial charge is 0.405 e. The molecule has 2 N–H and O–H groups in total. The Kier molecular flexibility index (Phi) is 5.26. The van der Waals surface area contributed by atoms with E-state index in [1.165, 1.54) is 24.4 Å². The van der Waals surface area contributed by atoms with Gasteiger partial charge in [-0.2, -0.15) is 5.21 Å². The number of hydrogen-bond acceptors (Lipinski definition) is 7. The fourth-order valence-corrected chi connectivity index (χ4v) is 2.77. The monoisotopic (exact) mass is 427 g/mol. The molecule has 0 fully saturated rings. The molecule has 0 spiro atoms. The van der Waals surface area contributed by atoms with Gasteiger partial charge in [0.05, 0.1) is 5.69 Å². The maximum atomic E-state index is 12.7. The zero-order valence-electron chi connectivity index (χ0n) is 15.5. The zero-order valence-corrected chi connectivity index (χ0v) is 15.5. The first-order valence-electron chi connectivity index (χ1n) is 8.72. The van der Waals surface area contributed by atoms with Gasteiger partial charge in [0.2, 0.25) is 5.82 Å². The zero-order chi connectivity index (χ0) is 21.8. The molecule has 9 nitrogen and oxygen atoms in total. The maximum absolute atomic E-state index is 12.7. The van der Waals surface area contributed by atoms with Gasteiger partial charge in [0.25, 0.3) is 11.9 Å². The van der Waals surface area contributed by atoms with Crippen LogP contribution in [0.1, 0.15) is 10.6 Å². The first kappa shape index (κ1) is 19.9. The van der Waals surface area contributed by atoms with E-state index in [1.807, 2.05) is 0 Å². The molecule has 0 aliphatic rings. The van der Waals surface area contributed by atoms with Gasteiger partial charge >= 0.3 is 6.36 Å². The van der Waals surface area contributed by atoms with Gasteiger partial charge in [-0.3, -0.25) is 10.1 Å². The maximum Gasteiger partial charge on any atom is 0.573 e. The van der Waals surface area contributed by atoms with Crippen LogP contribution in [0.3, 0.4) is 0 Å². The van der Waals surface area contributed by atoms with Gasteiger partial charge in [0.1, 0.15) is 5.75 Å². The molecule has 0 bridgehead atoms. The highest BCUT2D eigenvalue weighted by Crippen LogP contribution is 2.35. The Morgan fingerprint density at radius 3 is 2.61 bits per heavy atom. The summed E-state index contributed by atoms with van der Waals surface area (Å²) >= 11 is 0. The Labute approximate surface area is 172 Å². The molecule has 4 aromatic rings. The van der Waals surface area contributed by atoms with Crippen LogP contribution in [0.2, 0.25) is 0 Å². The normalized spacial score (nSPS) is 11.2. The van der Waals surface area contributed by atoms with Gasteiger partial charge in [0, 0.05) is 17.3 Å². The number of para-hydroxylation sites is 1. The van der Waals surface area contributed by atoms with E-state index in [-0.39, 0.29) is 23.1 Å². The number of ether oxygens (including phenoxy) is 1. The van der Waals surface area contributed by atoms with Crippen LogP contribution in [0.15, 0.2) is 60.8 Å². The van der Waals surface area contributed by atoms with Crippen molar-refractivity contribution in [2.75, 3.05) is 5.32 Å². The van der Waals surface area contributed by atoms with Crippen LogP contribution in [-0.2, 0) is 0 Å². The van der Waals surface area contributed by atoms with Crippen LogP contribution in [0.4, 0.5) is 19.1 Å². The average molecular weight is 427 g/mol. The van der Waals surface area contributed by atoms with Crippen LogP contribution in [-0.4, -0.2) is 42.9 Å². The van der Waals surface area contributed by atoms with E-state index in [2.05, 4.69) is 40.6 Å².